The smallest absolute Gasteiger partial charge is 0.253 e. The van der Waals surface area contributed by atoms with Gasteiger partial charge in [0.15, 0.2) is 0 Å². The van der Waals surface area contributed by atoms with Crippen LogP contribution in [0, 0.1) is 5.92 Å². The van der Waals surface area contributed by atoms with Gasteiger partial charge in [0.1, 0.15) is 0 Å². The number of rotatable bonds is 4. The third-order valence-corrected chi connectivity index (χ3v) is 5.83. The molecule has 2 aliphatic rings. The van der Waals surface area contributed by atoms with Crippen LogP contribution in [-0.4, -0.2) is 26.0 Å². The number of amides is 1. The van der Waals surface area contributed by atoms with E-state index in [1.165, 1.54) is 16.8 Å². The molecular formula is C24H29N3O. The minimum Gasteiger partial charge on any atom is -0.378 e. The standard InChI is InChI=1S/C24H29N3O/c1-15(2)25-24(28)21-10-6-9-20-18-7-5-8-19(18)22(26-23(20)21)16-11-13-17(14-12-16)27(3)4/h5-7,9-15,18-19,22,26H,8H2,1-4H3,(H,25,28). The van der Waals surface area contributed by atoms with Gasteiger partial charge in [-0.25, -0.2) is 0 Å². The first-order valence-corrected chi connectivity index (χ1v) is 10.1. The van der Waals surface area contributed by atoms with Crippen LogP contribution in [0.1, 0.15) is 53.7 Å². The number of allylic oxidation sites excluding steroid dienone is 2. The van der Waals surface area contributed by atoms with Gasteiger partial charge in [0, 0.05) is 31.7 Å². The maximum atomic E-state index is 12.8. The van der Waals surface area contributed by atoms with E-state index in [1.807, 2.05) is 26.0 Å². The molecule has 4 rings (SSSR count). The number of carbonyl (C=O) groups excluding carboxylic acids is 1. The summed E-state index contributed by atoms with van der Waals surface area (Å²) in [7, 11) is 4.11. The second-order valence-electron chi connectivity index (χ2n) is 8.36. The Hall–Kier alpha value is -2.75. The molecule has 146 valence electrons. The van der Waals surface area contributed by atoms with Crippen molar-refractivity contribution in [3.8, 4) is 0 Å². The fourth-order valence-corrected chi connectivity index (χ4v) is 4.46. The van der Waals surface area contributed by atoms with Gasteiger partial charge in [0.2, 0.25) is 0 Å². The first-order chi connectivity index (χ1) is 13.5. The Balaban J connectivity index is 1.73. The average molecular weight is 376 g/mol. The van der Waals surface area contributed by atoms with E-state index in [0.29, 0.717) is 11.8 Å². The quantitative estimate of drug-likeness (QED) is 0.760. The molecule has 0 spiro atoms. The molecule has 2 N–H and O–H groups in total. The van der Waals surface area contributed by atoms with Crippen LogP contribution in [0.15, 0.2) is 54.6 Å². The number of hydrogen-bond acceptors (Lipinski definition) is 3. The number of benzene rings is 2. The van der Waals surface area contributed by atoms with E-state index in [2.05, 4.69) is 72.1 Å². The summed E-state index contributed by atoms with van der Waals surface area (Å²) < 4.78 is 0. The second-order valence-corrected chi connectivity index (χ2v) is 8.36. The van der Waals surface area contributed by atoms with Crippen LogP contribution in [-0.2, 0) is 0 Å². The highest BCUT2D eigenvalue weighted by Gasteiger charge is 2.39. The SMILES string of the molecule is CC(C)NC(=O)c1cccc2c1NC(c1ccc(N(C)C)cc1)C1CC=CC21. The fourth-order valence-electron chi connectivity index (χ4n) is 4.46. The lowest BCUT2D eigenvalue weighted by Crippen LogP contribution is -2.34. The van der Waals surface area contributed by atoms with Crippen molar-refractivity contribution in [1.29, 1.82) is 0 Å². The van der Waals surface area contributed by atoms with E-state index in [4.69, 9.17) is 0 Å². The highest BCUT2D eigenvalue weighted by molar-refractivity contribution is 6.01. The second kappa shape index (κ2) is 7.34. The lowest BCUT2D eigenvalue weighted by Gasteiger charge is -2.38. The van der Waals surface area contributed by atoms with Crippen LogP contribution >= 0.6 is 0 Å². The summed E-state index contributed by atoms with van der Waals surface area (Å²) in [5.41, 5.74) is 5.42. The molecule has 0 saturated heterocycles. The van der Waals surface area contributed by atoms with Gasteiger partial charge >= 0.3 is 0 Å². The summed E-state index contributed by atoms with van der Waals surface area (Å²) in [6.45, 7) is 3.98. The zero-order chi connectivity index (χ0) is 19.8. The van der Waals surface area contributed by atoms with E-state index < -0.39 is 0 Å². The van der Waals surface area contributed by atoms with Crippen molar-refractivity contribution in [3.63, 3.8) is 0 Å². The molecule has 4 heteroatoms. The van der Waals surface area contributed by atoms with Gasteiger partial charge in [-0.3, -0.25) is 4.79 Å². The molecule has 0 aromatic heterocycles. The van der Waals surface area contributed by atoms with Crippen LogP contribution < -0.4 is 15.5 Å². The number of para-hydroxylation sites is 1. The predicted octanol–water partition coefficient (Wildman–Crippen LogP) is 4.72. The number of carbonyl (C=O) groups is 1. The van der Waals surface area contributed by atoms with E-state index in [0.717, 1.165) is 17.7 Å². The van der Waals surface area contributed by atoms with Gasteiger partial charge in [-0.15, -0.1) is 0 Å². The van der Waals surface area contributed by atoms with Crippen molar-refractivity contribution in [2.45, 2.75) is 38.3 Å². The van der Waals surface area contributed by atoms with E-state index in [1.54, 1.807) is 0 Å². The Morgan fingerprint density at radius 2 is 1.89 bits per heavy atom. The molecule has 1 aliphatic heterocycles. The molecule has 1 heterocycles. The third-order valence-electron chi connectivity index (χ3n) is 5.83. The van der Waals surface area contributed by atoms with Crippen molar-refractivity contribution in [1.82, 2.24) is 5.32 Å². The maximum Gasteiger partial charge on any atom is 0.253 e. The molecule has 1 amide bonds. The third kappa shape index (κ3) is 3.28. The van der Waals surface area contributed by atoms with Crippen molar-refractivity contribution < 1.29 is 4.79 Å². The summed E-state index contributed by atoms with van der Waals surface area (Å²) in [5, 5.41) is 6.78. The number of nitrogens with one attached hydrogen (secondary N) is 2. The van der Waals surface area contributed by atoms with Crippen molar-refractivity contribution in [2.24, 2.45) is 5.92 Å². The van der Waals surface area contributed by atoms with E-state index in [9.17, 15) is 4.79 Å². The summed E-state index contributed by atoms with van der Waals surface area (Å²) >= 11 is 0. The Labute approximate surface area is 167 Å². The van der Waals surface area contributed by atoms with E-state index in [-0.39, 0.29) is 18.0 Å². The molecule has 4 nitrogen and oxygen atoms in total. The lowest BCUT2D eigenvalue weighted by atomic mass is 9.76. The highest BCUT2D eigenvalue weighted by atomic mass is 16.1. The molecule has 1 aliphatic carbocycles. The van der Waals surface area contributed by atoms with Crippen molar-refractivity contribution in [3.05, 3.63) is 71.3 Å². The molecule has 0 radical (unpaired) electrons. The summed E-state index contributed by atoms with van der Waals surface area (Å²) in [5.74, 6) is 0.809. The van der Waals surface area contributed by atoms with Crippen LogP contribution in [0.25, 0.3) is 0 Å². The number of nitrogens with zero attached hydrogens (tertiary/aromatic N) is 1. The normalized spacial score (nSPS) is 22.4. The largest absolute Gasteiger partial charge is 0.378 e. The molecule has 2 aromatic carbocycles. The molecule has 0 saturated carbocycles. The maximum absolute atomic E-state index is 12.8. The molecule has 0 fully saturated rings. The minimum absolute atomic E-state index is 0.0125. The Bertz CT molecular complexity index is 899. The average Bonchev–Trinajstić information content (AvgIpc) is 3.16. The van der Waals surface area contributed by atoms with Crippen LogP contribution in [0.2, 0.25) is 0 Å². The number of hydrogen-bond donors (Lipinski definition) is 2. The van der Waals surface area contributed by atoms with Gasteiger partial charge in [-0.2, -0.15) is 0 Å². The van der Waals surface area contributed by atoms with Crippen molar-refractivity contribution >= 4 is 17.3 Å². The Morgan fingerprint density at radius 1 is 1.14 bits per heavy atom. The summed E-state index contributed by atoms with van der Waals surface area (Å²) in [6, 6.07) is 15.2. The number of fused-ring (bicyclic) bond motifs is 3. The first-order valence-electron chi connectivity index (χ1n) is 10.1. The minimum atomic E-state index is -0.0125. The topological polar surface area (TPSA) is 44.4 Å². The summed E-state index contributed by atoms with van der Waals surface area (Å²) in [4.78, 5) is 14.9. The predicted molar refractivity (Wildman–Crippen MR) is 116 cm³/mol. The lowest BCUT2D eigenvalue weighted by molar-refractivity contribution is 0.0943. The van der Waals surface area contributed by atoms with Gasteiger partial charge in [0.25, 0.3) is 5.91 Å². The van der Waals surface area contributed by atoms with E-state index >= 15 is 0 Å². The number of anilines is 2. The molecule has 0 bridgehead atoms. The van der Waals surface area contributed by atoms with Crippen molar-refractivity contribution in [2.75, 3.05) is 24.3 Å². The molecule has 3 unspecified atom stereocenters. The first kappa shape index (κ1) is 18.6. The zero-order valence-electron chi connectivity index (χ0n) is 17.1. The molecule has 2 aromatic rings. The summed E-state index contributed by atoms with van der Waals surface area (Å²) in [6.07, 6.45) is 5.66. The molecule has 3 atom stereocenters. The fraction of sp³-hybridized carbons (Fsp3) is 0.375. The monoisotopic (exact) mass is 375 g/mol. The van der Waals surface area contributed by atoms with Gasteiger partial charge < -0.3 is 15.5 Å². The highest BCUT2D eigenvalue weighted by Crippen LogP contribution is 2.50. The molecule has 28 heavy (non-hydrogen) atoms. The Morgan fingerprint density at radius 3 is 2.57 bits per heavy atom. The van der Waals surface area contributed by atoms with Gasteiger partial charge in [-0.05, 0) is 55.5 Å². The van der Waals surface area contributed by atoms with Crippen LogP contribution in [0.3, 0.4) is 0 Å². The van der Waals surface area contributed by atoms with Crippen LogP contribution in [0.4, 0.5) is 11.4 Å². The zero-order valence-corrected chi connectivity index (χ0v) is 17.1. The Kier molecular flexibility index (Phi) is 4.88. The molecular weight excluding hydrogens is 346 g/mol. The van der Waals surface area contributed by atoms with Crippen LogP contribution in [0.5, 0.6) is 0 Å². The van der Waals surface area contributed by atoms with Gasteiger partial charge in [0.05, 0.1) is 17.3 Å². The van der Waals surface area contributed by atoms with Gasteiger partial charge in [-0.1, -0.05) is 36.4 Å².